The zero-order valence-electron chi connectivity index (χ0n) is 12.9. The minimum Gasteiger partial charge on any atom is -0.460 e. The highest BCUT2D eigenvalue weighted by atomic mass is 16.6. The highest BCUT2D eigenvalue weighted by Crippen LogP contribution is 2.28. The van der Waals surface area contributed by atoms with Crippen molar-refractivity contribution in [1.29, 1.82) is 0 Å². The lowest BCUT2D eigenvalue weighted by Crippen LogP contribution is -2.28. The largest absolute Gasteiger partial charge is 0.460 e. The van der Waals surface area contributed by atoms with Gasteiger partial charge in [-0.2, -0.15) is 0 Å². The van der Waals surface area contributed by atoms with Gasteiger partial charge in [0.25, 0.3) is 0 Å². The van der Waals surface area contributed by atoms with Gasteiger partial charge >= 0.3 is 5.97 Å². The Balaban J connectivity index is 1.92. The molecule has 1 fully saturated rings. The smallest absolute Gasteiger partial charge is 0.306 e. The Morgan fingerprint density at radius 2 is 1.90 bits per heavy atom. The first-order valence-electron chi connectivity index (χ1n) is 7.43. The van der Waals surface area contributed by atoms with Crippen molar-refractivity contribution in [2.24, 2.45) is 5.92 Å². The molecule has 0 radical (unpaired) electrons. The summed E-state index contributed by atoms with van der Waals surface area (Å²) in [5.41, 5.74) is -0.494. The summed E-state index contributed by atoms with van der Waals surface area (Å²) in [5.74, 6) is 0.330. The zero-order valence-corrected chi connectivity index (χ0v) is 12.9. The first kappa shape index (κ1) is 17.0. The van der Waals surface area contributed by atoms with Crippen molar-refractivity contribution in [2.45, 2.75) is 58.5 Å². The molecule has 0 bridgehead atoms. The van der Waals surface area contributed by atoms with Gasteiger partial charge in [0.15, 0.2) is 0 Å². The number of hydrogen-bond acceptors (Lipinski definition) is 4. The van der Waals surface area contributed by atoms with Gasteiger partial charge in [0.1, 0.15) is 5.60 Å². The van der Waals surface area contributed by atoms with Gasteiger partial charge in [-0.1, -0.05) is 0 Å². The minimum absolute atomic E-state index is 0.113. The van der Waals surface area contributed by atoms with Crippen LogP contribution >= 0.6 is 0 Å². The molecular weight excluding hydrogens is 258 g/mol. The second-order valence-electron chi connectivity index (χ2n) is 6.31. The van der Waals surface area contributed by atoms with Crippen LogP contribution in [-0.2, 0) is 19.1 Å². The van der Waals surface area contributed by atoms with Gasteiger partial charge in [-0.25, -0.2) is 0 Å². The van der Waals surface area contributed by atoms with Crippen molar-refractivity contribution in [2.75, 3.05) is 19.8 Å². The fourth-order valence-electron chi connectivity index (χ4n) is 1.63. The molecule has 0 spiro atoms. The second-order valence-corrected chi connectivity index (χ2v) is 6.31. The van der Waals surface area contributed by atoms with E-state index in [1.54, 1.807) is 0 Å². The number of carbonyl (C=O) groups is 2. The van der Waals surface area contributed by atoms with E-state index in [9.17, 15) is 9.59 Å². The van der Waals surface area contributed by atoms with E-state index in [0.29, 0.717) is 13.2 Å². The SMILES string of the molecule is CC(C)(C)OC(=O)CCC(=O)NCCCOCC1CC1. The van der Waals surface area contributed by atoms with E-state index in [0.717, 1.165) is 18.9 Å². The maximum atomic E-state index is 11.5. The van der Waals surface area contributed by atoms with Crippen molar-refractivity contribution in [3.8, 4) is 0 Å². The van der Waals surface area contributed by atoms with Gasteiger partial charge < -0.3 is 14.8 Å². The van der Waals surface area contributed by atoms with E-state index < -0.39 is 5.60 Å². The Hall–Kier alpha value is -1.10. The molecule has 1 amide bonds. The average Bonchev–Trinajstić information content (AvgIpc) is 3.13. The summed E-state index contributed by atoms with van der Waals surface area (Å²) in [6, 6.07) is 0. The lowest BCUT2D eigenvalue weighted by molar-refractivity contribution is -0.155. The van der Waals surface area contributed by atoms with E-state index in [1.165, 1.54) is 12.8 Å². The molecule has 1 saturated carbocycles. The second kappa shape index (κ2) is 8.25. The van der Waals surface area contributed by atoms with Gasteiger partial charge in [0.05, 0.1) is 6.42 Å². The Kier molecular flexibility index (Phi) is 6.99. The Bertz CT molecular complexity index is 318. The van der Waals surface area contributed by atoms with Crippen molar-refractivity contribution in [3.63, 3.8) is 0 Å². The third-order valence-corrected chi connectivity index (χ3v) is 2.81. The Labute approximate surface area is 121 Å². The molecule has 0 aliphatic heterocycles. The van der Waals surface area contributed by atoms with Gasteiger partial charge in [-0.05, 0) is 46.0 Å². The van der Waals surface area contributed by atoms with Gasteiger partial charge in [0.2, 0.25) is 5.91 Å². The van der Waals surface area contributed by atoms with Crippen LogP contribution in [0, 0.1) is 5.92 Å². The lowest BCUT2D eigenvalue weighted by Gasteiger charge is -2.19. The zero-order chi connectivity index (χ0) is 15.0. The van der Waals surface area contributed by atoms with Crippen molar-refractivity contribution in [1.82, 2.24) is 5.32 Å². The summed E-state index contributed by atoms with van der Waals surface area (Å²) in [5, 5.41) is 2.78. The van der Waals surface area contributed by atoms with Gasteiger partial charge in [-0.15, -0.1) is 0 Å². The summed E-state index contributed by atoms with van der Waals surface area (Å²) >= 11 is 0. The van der Waals surface area contributed by atoms with Crippen LogP contribution in [0.25, 0.3) is 0 Å². The predicted octanol–water partition coefficient (Wildman–Crippen LogP) is 2.04. The quantitative estimate of drug-likeness (QED) is 0.520. The summed E-state index contributed by atoms with van der Waals surface area (Å²) in [4.78, 5) is 22.9. The van der Waals surface area contributed by atoms with Gasteiger partial charge in [-0.3, -0.25) is 9.59 Å². The highest BCUT2D eigenvalue weighted by molar-refractivity contribution is 5.81. The van der Waals surface area contributed by atoms with Gasteiger partial charge in [0, 0.05) is 26.2 Å². The molecule has 0 aromatic carbocycles. The summed E-state index contributed by atoms with van der Waals surface area (Å²) < 4.78 is 10.6. The molecule has 0 aromatic rings. The van der Waals surface area contributed by atoms with Crippen LogP contribution in [0.1, 0.15) is 52.9 Å². The predicted molar refractivity (Wildman–Crippen MR) is 76.2 cm³/mol. The number of nitrogens with one attached hydrogen (secondary N) is 1. The average molecular weight is 285 g/mol. The fourth-order valence-corrected chi connectivity index (χ4v) is 1.63. The number of carbonyl (C=O) groups excluding carboxylic acids is 2. The number of ether oxygens (including phenoxy) is 2. The first-order chi connectivity index (χ1) is 9.37. The molecular formula is C15H27NO4. The summed E-state index contributed by atoms with van der Waals surface area (Å²) in [6.07, 6.45) is 3.70. The molecule has 0 saturated heterocycles. The third-order valence-electron chi connectivity index (χ3n) is 2.81. The van der Waals surface area contributed by atoms with E-state index >= 15 is 0 Å². The summed E-state index contributed by atoms with van der Waals surface area (Å²) in [6.45, 7) is 7.57. The van der Waals surface area contributed by atoms with Crippen LogP contribution in [0.15, 0.2) is 0 Å². The number of hydrogen-bond donors (Lipinski definition) is 1. The molecule has 1 N–H and O–H groups in total. The number of amides is 1. The van der Waals surface area contributed by atoms with Crippen molar-refractivity contribution < 1.29 is 19.1 Å². The molecule has 1 rings (SSSR count). The molecule has 0 aromatic heterocycles. The Morgan fingerprint density at radius 1 is 1.20 bits per heavy atom. The van der Waals surface area contributed by atoms with Crippen LogP contribution < -0.4 is 5.32 Å². The third kappa shape index (κ3) is 9.78. The monoisotopic (exact) mass is 285 g/mol. The normalized spacial score (nSPS) is 14.9. The molecule has 20 heavy (non-hydrogen) atoms. The number of rotatable bonds is 9. The molecule has 1 aliphatic carbocycles. The first-order valence-corrected chi connectivity index (χ1v) is 7.43. The van der Waals surface area contributed by atoms with Crippen LogP contribution in [0.4, 0.5) is 0 Å². The van der Waals surface area contributed by atoms with Crippen LogP contribution in [0.2, 0.25) is 0 Å². The standard InChI is InChI=1S/C15H27NO4/c1-15(2,3)20-14(18)8-7-13(17)16-9-4-10-19-11-12-5-6-12/h12H,4-11H2,1-3H3,(H,16,17). The molecule has 1 aliphatic rings. The molecule has 0 heterocycles. The van der Waals surface area contributed by atoms with Crippen molar-refractivity contribution >= 4 is 11.9 Å². The molecule has 0 atom stereocenters. The van der Waals surface area contributed by atoms with Crippen LogP contribution in [-0.4, -0.2) is 37.2 Å². The van der Waals surface area contributed by atoms with E-state index in [4.69, 9.17) is 9.47 Å². The maximum Gasteiger partial charge on any atom is 0.306 e. The van der Waals surface area contributed by atoms with E-state index in [-0.39, 0.29) is 24.7 Å². The highest BCUT2D eigenvalue weighted by Gasteiger charge is 2.20. The van der Waals surface area contributed by atoms with E-state index in [1.807, 2.05) is 20.8 Å². The van der Waals surface area contributed by atoms with E-state index in [2.05, 4.69) is 5.32 Å². The molecule has 0 unspecified atom stereocenters. The molecule has 5 nitrogen and oxygen atoms in total. The van der Waals surface area contributed by atoms with Crippen molar-refractivity contribution in [3.05, 3.63) is 0 Å². The fraction of sp³-hybridized carbons (Fsp3) is 0.867. The molecule has 116 valence electrons. The topological polar surface area (TPSA) is 64.6 Å². The summed E-state index contributed by atoms with van der Waals surface area (Å²) in [7, 11) is 0. The van der Waals surface area contributed by atoms with Crippen LogP contribution in [0.5, 0.6) is 0 Å². The number of esters is 1. The maximum absolute atomic E-state index is 11.5. The lowest BCUT2D eigenvalue weighted by atomic mass is 10.2. The Morgan fingerprint density at radius 3 is 2.50 bits per heavy atom. The minimum atomic E-state index is -0.494. The van der Waals surface area contributed by atoms with Crippen LogP contribution in [0.3, 0.4) is 0 Å². The molecule has 5 heteroatoms.